The van der Waals surface area contributed by atoms with Crippen molar-refractivity contribution in [2.24, 2.45) is 5.92 Å². The summed E-state index contributed by atoms with van der Waals surface area (Å²) in [6.45, 7) is 2.69. The maximum absolute atomic E-state index is 15.4. The van der Waals surface area contributed by atoms with Gasteiger partial charge in [-0.05, 0) is 31.6 Å². The van der Waals surface area contributed by atoms with Crippen molar-refractivity contribution in [2.75, 3.05) is 0 Å². The molecule has 0 N–H and O–H groups in total. The van der Waals surface area contributed by atoms with Gasteiger partial charge < -0.3 is 0 Å². The molecule has 1 saturated carbocycles. The summed E-state index contributed by atoms with van der Waals surface area (Å²) in [6.07, 6.45) is 16.3. The van der Waals surface area contributed by atoms with Crippen LogP contribution in [-0.4, -0.2) is 16.9 Å². The fourth-order valence-corrected chi connectivity index (χ4v) is 9.94. The summed E-state index contributed by atoms with van der Waals surface area (Å²) in [5.74, 6) is -69.8. The number of aromatic nitrogens is 2. The van der Waals surface area contributed by atoms with Gasteiger partial charge in [0.25, 0.3) is 0 Å². The van der Waals surface area contributed by atoms with E-state index in [1.165, 1.54) is 89.2 Å². The first-order valence-electron chi connectivity index (χ1n) is 23.6. The molecule has 3 nitrogen and oxygen atoms in total. The quantitative estimate of drug-likeness (QED) is 0.0173. The van der Waals surface area contributed by atoms with Crippen LogP contribution in [0.1, 0.15) is 112 Å². The van der Waals surface area contributed by atoms with Crippen LogP contribution in [0.3, 0.4) is 0 Å². The molecule has 0 aliphatic heterocycles. The number of Topliss-reactive ketones (excluding diaryl/α,β-unsaturated/α-hetero) is 1. The number of ketones is 1. The smallest absolute Gasteiger partial charge is 0.227 e. The SMILES string of the molecule is CCCCCCCCCCC1CCC(c2cncc[n+]2CC(=O)c2ccccc2)CC1.Fc1c(F)c(F)c([B-](c2c(F)c(F)c(F)c(F)c2F)(c2c(F)c(F)c(F)c(F)c2F)c2c(F)c(F)c(F)c(F)c2F)c(F)c1F. The van der Waals surface area contributed by atoms with E-state index in [-0.39, 0.29) is 5.78 Å². The van der Waals surface area contributed by atoms with Crippen LogP contribution in [0.25, 0.3) is 0 Å². The van der Waals surface area contributed by atoms with Gasteiger partial charge in [0.2, 0.25) is 18.0 Å². The Morgan fingerprint density at radius 2 is 0.789 bits per heavy atom. The van der Waals surface area contributed by atoms with E-state index in [0.717, 1.165) is 11.5 Å². The first-order chi connectivity index (χ1) is 36.0. The number of carbonyl (C=O) groups is 1. The molecule has 0 bridgehead atoms. The highest BCUT2D eigenvalue weighted by Crippen LogP contribution is 2.37. The standard InChI is InChI=1S/C28H41N2O.C24BF20/c1-2-3-4-5-6-7-8-10-13-24-16-18-25(19-17-24)27-22-29-20-21-30(27)23-28(31)26-14-11-9-12-15-26;26-5-1(6(27)14(35)21(42)13(5)34)25(2-7(28)15(36)22(43)16(37)8(2)29,3-9(30)17(38)23(44)18(39)10(3)31)4-11(32)19(40)24(45)20(41)12(4)33/h9,11-12,14-15,20-22,24-25H,2-8,10,13,16-19,23H2,1H3;/q+1;-1. The molecule has 0 spiro atoms. The van der Waals surface area contributed by atoms with Crippen molar-refractivity contribution in [3.63, 3.8) is 0 Å². The molecule has 7 rings (SSSR count). The maximum atomic E-state index is 15.4. The van der Waals surface area contributed by atoms with E-state index in [1.807, 2.05) is 42.7 Å². The fourth-order valence-electron chi connectivity index (χ4n) is 9.94. The van der Waals surface area contributed by atoms with E-state index >= 15 is 35.1 Å². The van der Waals surface area contributed by atoms with Gasteiger partial charge in [0, 0.05) is 11.5 Å². The van der Waals surface area contributed by atoms with E-state index in [0.29, 0.717) is 12.5 Å². The molecule has 6 aromatic rings. The largest absolute Gasteiger partial charge is 0.287 e. The van der Waals surface area contributed by atoms with E-state index in [4.69, 9.17) is 0 Å². The van der Waals surface area contributed by atoms with Gasteiger partial charge in [0.15, 0.2) is 76.0 Å². The Bertz CT molecular complexity index is 2730. The fraction of sp³-hybridized carbons (Fsp3) is 0.327. The number of carbonyl (C=O) groups excluding carboxylic acids is 1. The second kappa shape index (κ2) is 24.7. The Kier molecular flexibility index (Phi) is 19.1. The Labute approximate surface area is 420 Å². The lowest BCUT2D eigenvalue weighted by molar-refractivity contribution is -0.692. The Balaban J connectivity index is 0.000000264. The summed E-state index contributed by atoms with van der Waals surface area (Å²) >= 11 is 0. The lowest BCUT2D eigenvalue weighted by atomic mass is 9.12. The van der Waals surface area contributed by atoms with Gasteiger partial charge in [-0.2, -0.15) is 4.57 Å². The van der Waals surface area contributed by atoms with E-state index < -0.39 is 144 Å². The number of hydrogen-bond acceptors (Lipinski definition) is 2. The van der Waals surface area contributed by atoms with Gasteiger partial charge in [-0.15, -0.1) is 21.9 Å². The Morgan fingerprint density at radius 3 is 1.14 bits per heavy atom. The van der Waals surface area contributed by atoms with Crippen LogP contribution in [0.15, 0.2) is 48.9 Å². The molecule has 0 radical (unpaired) electrons. The minimum absolute atomic E-state index is 0.168. The monoisotopic (exact) mass is 1100 g/mol. The van der Waals surface area contributed by atoms with Gasteiger partial charge in [-0.3, -0.25) is 9.78 Å². The summed E-state index contributed by atoms with van der Waals surface area (Å²) in [4.78, 5) is 17.1. The average Bonchev–Trinajstić information content (AvgIpc) is 3.42. The third-order valence-corrected chi connectivity index (χ3v) is 13.7. The molecule has 0 amide bonds. The van der Waals surface area contributed by atoms with Crippen LogP contribution >= 0.6 is 0 Å². The summed E-state index contributed by atoms with van der Waals surface area (Å²) in [5.41, 5.74) is -12.3. The summed E-state index contributed by atoms with van der Waals surface area (Å²) in [6, 6.07) is 9.62. The highest BCUT2D eigenvalue weighted by atomic mass is 19.2. The van der Waals surface area contributed by atoms with Crippen molar-refractivity contribution < 1.29 is 97.2 Å². The zero-order chi connectivity index (χ0) is 56.1. The lowest BCUT2D eigenvalue weighted by Gasteiger charge is -2.44. The molecule has 0 unspecified atom stereocenters. The predicted octanol–water partition coefficient (Wildman–Crippen LogP) is 12.9. The molecular formula is C52H41BF20N2O. The molecule has 76 heavy (non-hydrogen) atoms. The third-order valence-electron chi connectivity index (χ3n) is 13.7. The van der Waals surface area contributed by atoms with Crippen LogP contribution < -0.4 is 26.4 Å². The van der Waals surface area contributed by atoms with Crippen LogP contribution in [0.2, 0.25) is 0 Å². The Morgan fingerprint density at radius 1 is 0.461 bits per heavy atom. The molecule has 1 aromatic heterocycles. The molecule has 0 atom stereocenters. The molecule has 1 heterocycles. The van der Waals surface area contributed by atoms with Gasteiger partial charge in [-0.1, -0.05) is 95.0 Å². The number of halogens is 20. The normalized spacial score (nSPS) is 14.8. The number of benzene rings is 5. The highest BCUT2D eigenvalue weighted by molar-refractivity contribution is 7.20. The summed E-state index contributed by atoms with van der Waals surface area (Å²) in [7, 11) is 0. The topological polar surface area (TPSA) is 33.8 Å². The molecule has 1 aliphatic rings. The molecule has 0 saturated heterocycles. The van der Waals surface area contributed by atoms with Crippen LogP contribution in [-0.2, 0) is 6.54 Å². The molecular weight excluding hydrogens is 1060 g/mol. The maximum Gasteiger partial charge on any atom is 0.227 e. The van der Waals surface area contributed by atoms with Gasteiger partial charge in [-0.25, -0.2) is 87.8 Å². The van der Waals surface area contributed by atoms with Crippen molar-refractivity contribution in [3.05, 3.63) is 177 Å². The van der Waals surface area contributed by atoms with E-state index in [9.17, 15) is 57.5 Å². The molecule has 24 heteroatoms. The molecule has 408 valence electrons. The first-order valence-corrected chi connectivity index (χ1v) is 23.6. The number of unbranched alkanes of at least 4 members (excludes halogenated alkanes) is 7. The predicted molar refractivity (Wildman–Crippen MR) is 236 cm³/mol. The number of rotatable bonds is 17. The van der Waals surface area contributed by atoms with Crippen molar-refractivity contribution in [1.82, 2.24) is 4.98 Å². The number of nitrogens with zero attached hydrogens (tertiary/aromatic N) is 2. The van der Waals surface area contributed by atoms with Gasteiger partial charge in [0.1, 0.15) is 52.7 Å². The van der Waals surface area contributed by atoms with Crippen LogP contribution in [0, 0.1) is 122 Å². The minimum Gasteiger partial charge on any atom is -0.287 e. The second-order valence-corrected chi connectivity index (χ2v) is 18.2. The number of hydrogen-bond donors (Lipinski definition) is 0. The van der Waals surface area contributed by atoms with E-state index in [1.54, 1.807) is 6.20 Å². The molecule has 5 aromatic carbocycles. The van der Waals surface area contributed by atoms with Crippen molar-refractivity contribution >= 4 is 33.8 Å². The average molecular weight is 1100 g/mol. The minimum atomic E-state index is -7.22. The highest BCUT2D eigenvalue weighted by Gasteiger charge is 2.52. The van der Waals surface area contributed by atoms with Gasteiger partial charge in [0.05, 0.1) is 12.4 Å². The zero-order valence-corrected chi connectivity index (χ0v) is 39.6. The second-order valence-electron chi connectivity index (χ2n) is 18.2. The van der Waals surface area contributed by atoms with Crippen molar-refractivity contribution in [1.29, 1.82) is 0 Å². The first kappa shape index (κ1) is 58.8. The van der Waals surface area contributed by atoms with E-state index in [2.05, 4.69) is 16.5 Å². The molecule has 1 fully saturated rings. The summed E-state index contributed by atoms with van der Waals surface area (Å²) < 4.78 is 296. The van der Waals surface area contributed by atoms with Crippen molar-refractivity contribution in [2.45, 2.75) is 103 Å². The summed E-state index contributed by atoms with van der Waals surface area (Å²) in [5, 5.41) is 0. The van der Waals surface area contributed by atoms with Gasteiger partial charge >= 0.3 is 0 Å². The lowest BCUT2D eigenvalue weighted by Crippen LogP contribution is -2.81. The van der Waals surface area contributed by atoms with Crippen molar-refractivity contribution in [3.8, 4) is 0 Å². The Hall–Kier alpha value is -6.49. The molecule has 1 aliphatic carbocycles. The van der Waals surface area contributed by atoms with Crippen LogP contribution in [0.4, 0.5) is 87.8 Å². The van der Waals surface area contributed by atoms with Crippen LogP contribution in [0.5, 0.6) is 0 Å². The zero-order valence-electron chi connectivity index (χ0n) is 39.6. The third kappa shape index (κ3) is 11.0.